The first-order valence-corrected chi connectivity index (χ1v) is 10.0. The largest absolute Gasteiger partial charge is 0.486 e. The number of alkyl halides is 1. The Morgan fingerprint density at radius 1 is 1.34 bits per heavy atom. The van der Waals surface area contributed by atoms with Crippen molar-refractivity contribution in [1.82, 2.24) is 15.3 Å². The van der Waals surface area contributed by atoms with E-state index >= 15 is 4.39 Å². The van der Waals surface area contributed by atoms with E-state index in [-0.39, 0.29) is 12.5 Å². The molecule has 2 aromatic rings. The maximum Gasteiger partial charge on any atom is 0.253 e. The van der Waals surface area contributed by atoms with E-state index in [2.05, 4.69) is 10.3 Å². The highest BCUT2D eigenvalue weighted by molar-refractivity contribution is 5.98. The molecular formula is C21H23FN4O3. The summed E-state index contributed by atoms with van der Waals surface area (Å²) in [6, 6.07) is 3.80. The summed E-state index contributed by atoms with van der Waals surface area (Å²) in [5.41, 5.74) is 4.27. The fourth-order valence-electron chi connectivity index (χ4n) is 4.18. The zero-order valence-corrected chi connectivity index (χ0v) is 16.3. The summed E-state index contributed by atoms with van der Waals surface area (Å²) < 4.78 is 26.3. The molecule has 5 rings (SSSR count). The van der Waals surface area contributed by atoms with Crippen molar-refractivity contribution in [2.75, 3.05) is 18.0 Å². The third kappa shape index (κ3) is 3.31. The van der Waals surface area contributed by atoms with Crippen LogP contribution in [0.3, 0.4) is 0 Å². The lowest BCUT2D eigenvalue weighted by molar-refractivity contribution is 0.0814. The highest BCUT2D eigenvalue weighted by Gasteiger charge is 2.33. The number of hydrogen-bond acceptors (Lipinski definition) is 6. The zero-order chi connectivity index (χ0) is 20.0. The molecule has 0 aromatic carbocycles. The number of pyridine rings is 2. The molecule has 0 radical (unpaired) electrons. The molecule has 1 saturated heterocycles. The monoisotopic (exact) mass is 398 g/mol. The minimum absolute atomic E-state index is 0.0856. The number of hydrogen-bond donors (Lipinski definition) is 1. The standard InChI is InChI=1S/C21H23FN4O3/c1-2-12-6-15-17(8-24-21(15)27)25-20(12)26-4-3-19(16(22)9-26)29-14-5-13-10-28-11-18(13)23-7-14/h5-7,16,19H,2-4,8-11H2,1H3,(H,24,27)/t16-,19+/m0/s1. The number of ether oxygens (including phenoxy) is 2. The zero-order valence-electron chi connectivity index (χ0n) is 16.3. The van der Waals surface area contributed by atoms with Gasteiger partial charge in [0, 0.05) is 18.5 Å². The Morgan fingerprint density at radius 3 is 3.07 bits per heavy atom. The summed E-state index contributed by atoms with van der Waals surface area (Å²) in [7, 11) is 0. The van der Waals surface area contributed by atoms with Crippen molar-refractivity contribution in [2.45, 2.75) is 51.8 Å². The van der Waals surface area contributed by atoms with Gasteiger partial charge in [0.05, 0.1) is 49.5 Å². The van der Waals surface area contributed by atoms with Gasteiger partial charge in [0.1, 0.15) is 17.7 Å². The summed E-state index contributed by atoms with van der Waals surface area (Å²) in [6.07, 6.45) is 1.27. The maximum atomic E-state index is 15.0. The van der Waals surface area contributed by atoms with Crippen LogP contribution in [0.4, 0.5) is 10.2 Å². The van der Waals surface area contributed by atoms with Crippen LogP contribution in [0.5, 0.6) is 5.75 Å². The van der Waals surface area contributed by atoms with Gasteiger partial charge in [0.15, 0.2) is 6.17 Å². The number of aromatic nitrogens is 2. The van der Waals surface area contributed by atoms with Gasteiger partial charge in [-0.15, -0.1) is 0 Å². The Labute approximate surface area is 168 Å². The predicted octanol–water partition coefficient (Wildman–Crippen LogP) is 2.31. The Bertz CT molecular complexity index is 967. The molecule has 3 aliphatic heterocycles. The third-order valence-corrected chi connectivity index (χ3v) is 5.80. The van der Waals surface area contributed by atoms with Gasteiger partial charge in [-0.1, -0.05) is 6.92 Å². The number of rotatable bonds is 4. The number of fused-ring (bicyclic) bond motifs is 2. The van der Waals surface area contributed by atoms with Crippen LogP contribution in [0.15, 0.2) is 18.3 Å². The van der Waals surface area contributed by atoms with Gasteiger partial charge in [-0.3, -0.25) is 9.78 Å². The van der Waals surface area contributed by atoms with E-state index in [9.17, 15) is 4.79 Å². The van der Waals surface area contributed by atoms with Gasteiger partial charge < -0.3 is 19.7 Å². The van der Waals surface area contributed by atoms with E-state index in [4.69, 9.17) is 14.5 Å². The summed E-state index contributed by atoms with van der Waals surface area (Å²) in [5, 5.41) is 2.80. The summed E-state index contributed by atoms with van der Waals surface area (Å²) in [5.74, 6) is 1.28. The number of halogens is 1. The van der Waals surface area contributed by atoms with Crippen LogP contribution in [0.1, 0.15) is 46.2 Å². The fourth-order valence-corrected chi connectivity index (χ4v) is 4.18. The van der Waals surface area contributed by atoms with Gasteiger partial charge in [-0.05, 0) is 24.1 Å². The Hall–Kier alpha value is -2.74. The first-order valence-electron chi connectivity index (χ1n) is 10.0. The highest BCUT2D eigenvalue weighted by atomic mass is 19.1. The van der Waals surface area contributed by atoms with Crippen molar-refractivity contribution in [1.29, 1.82) is 0 Å². The maximum absolute atomic E-state index is 15.0. The molecule has 152 valence electrons. The van der Waals surface area contributed by atoms with Crippen molar-refractivity contribution in [2.24, 2.45) is 0 Å². The van der Waals surface area contributed by atoms with Gasteiger partial charge in [-0.2, -0.15) is 0 Å². The quantitative estimate of drug-likeness (QED) is 0.852. The van der Waals surface area contributed by atoms with Crippen molar-refractivity contribution in [3.05, 3.63) is 46.4 Å². The first kappa shape index (κ1) is 18.3. The number of aryl methyl sites for hydroxylation is 1. The fraction of sp³-hybridized carbons (Fsp3) is 0.476. The Balaban J connectivity index is 1.31. The number of nitrogens with one attached hydrogen (secondary N) is 1. The van der Waals surface area contributed by atoms with Crippen LogP contribution in [-0.2, 0) is 30.9 Å². The average molecular weight is 398 g/mol. The average Bonchev–Trinajstić information content (AvgIpc) is 3.34. The molecule has 0 unspecified atom stereocenters. The molecule has 2 atom stereocenters. The van der Waals surface area contributed by atoms with Crippen LogP contribution in [0.2, 0.25) is 0 Å². The molecule has 0 bridgehead atoms. The van der Waals surface area contributed by atoms with Crippen LogP contribution in [0, 0.1) is 0 Å². The van der Waals surface area contributed by atoms with Gasteiger partial charge in [0.2, 0.25) is 0 Å². The summed E-state index contributed by atoms with van der Waals surface area (Å²) in [6.45, 7) is 4.36. The second-order valence-corrected chi connectivity index (χ2v) is 7.68. The van der Waals surface area contributed by atoms with Crippen molar-refractivity contribution >= 4 is 11.7 Å². The molecule has 3 aliphatic rings. The van der Waals surface area contributed by atoms with Gasteiger partial charge >= 0.3 is 0 Å². The molecular weight excluding hydrogens is 375 g/mol. The second kappa shape index (κ2) is 7.26. The van der Waals surface area contributed by atoms with Crippen molar-refractivity contribution in [3.8, 4) is 5.75 Å². The number of anilines is 1. The lowest BCUT2D eigenvalue weighted by atomic mass is 10.0. The predicted molar refractivity (Wildman–Crippen MR) is 104 cm³/mol. The molecule has 7 nitrogen and oxygen atoms in total. The van der Waals surface area contributed by atoms with E-state index in [0.29, 0.717) is 44.0 Å². The lowest BCUT2D eigenvalue weighted by Crippen LogP contribution is -2.47. The lowest BCUT2D eigenvalue weighted by Gasteiger charge is -2.36. The minimum atomic E-state index is -1.15. The SMILES string of the molecule is CCc1cc2c(nc1N1CC[C@@H](Oc3cnc4c(c3)COC4)[C@@H](F)C1)CNC2=O. The molecule has 29 heavy (non-hydrogen) atoms. The van der Waals surface area contributed by atoms with Gasteiger partial charge in [0.25, 0.3) is 5.91 Å². The third-order valence-electron chi connectivity index (χ3n) is 5.80. The number of nitrogens with zero attached hydrogens (tertiary/aromatic N) is 3. The van der Waals surface area contributed by atoms with Gasteiger partial charge in [-0.25, -0.2) is 9.37 Å². The van der Waals surface area contributed by atoms with Crippen LogP contribution >= 0.6 is 0 Å². The second-order valence-electron chi connectivity index (χ2n) is 7.68. The van der Waals surface area contributed by atoms with Crippen LogP contribution < -0.4 is 15.0 Å². The number of carbonyl (C=O) groups excluding carboxylic acids is 1. The smallest absolute Gasteiger partial charge is 0.253 e. The highest BCUT2D eigenvalue weighted by Crippen LogP contribution is 2.30. The van der Waals surface area contributed by atoms with E-state index < -0.39 is 12.3 Å². The first-order chi connectivity index (χ1) is 14.1. The summed E-state index contributed by atoms with van der Waals surface area (Å²) in [4.78, 5) is 22.9. The Morgan fingerprint density at radius 2 is 2.24 bits per heavy atom. The molecule has 1 amide bonds. The topological polar surface area (TPSA) is 76.6 Å². The van der Waals surface area contributed by atoms with E-state index in [1.165, 1.54) is 0 Å². The van der Waals surface area contributed by atoms with E-state index in [0.717, 1.165) is 34.8 Å². The normalized spacial score (nSPS) is 23.0. The molecule has 0 saturated carbocycles. The molecule has 0 aliphatic carbocycles. The van der Waals surface area contributed by atoms with E-state index in [1.807, 2.05) is 24.0 Å². The number of carbonyl (C=O) groups is 1. The van der Waals surface area contributed by atoms with Crippen LogP contribution in [-0.4, -0.2) is 41.2 Å². The minimum Gasteiger partial charge on any atom is -0.486 e. The summed E-state index contributed by atoms with van der Waals surface area (Å²) >= 11 is 0. The molecule has 0 spiro atoms. The van der Waals surface area contributed by atoms with E-state index in [1.54, 1.807) is 6.20 Å². The molecule has 8 heteroatoms. The Kier molecular flexibility index (Phi) is 4.58. The molecule has 5 heterocycles. The molecule has 2 aromatic heterocycles. The molecule has 1 fully saturated rings. The van der Waals surface area contributed by atoms with Crippen molar-refractivity contribution < 1.29 is 18.7 Å². The molecule has 1 N–H and O–H groups in total. The number of piperidine rings is 1. The van der Waals surface area contributed by atoms with Crippen molar-refractivity contribution in [3.63, 3.8) is 0 Å². The van der Waals surface area contributed by atoms with Crippen LogP contribution in [0.25, 0.3) is 0 Å². The number of amides is 1.